The quantitative estimate of drug-likeness (QED) is 0.0561. The van der Waals surface area contributed by atoms with Crippen molar-refractivity contribution in [3.05, 3.63) is 29.8 Å². The van der Waals surface area contributed by atoms with Crippen molar-refractivity contribution in [1.29, 1.82) is 0 Å². The first-order chi connectivity index (χ1) is 21.8. The second-order valence-corrected chi connectivity index (χ2v) is 11.6. The van der Waals surface area contributed by atoms with Gasteiger partial charge in [-0.15, -0.1) is 0 Å². The van der Waals surface area contributed by atoms with E-state index in [-0.39, 0.29) is 5.97 Å². The van der Waals surface area contributed by atoms with Crippen molar-refractivity contribution in [3.63, 3.8) is 0 Å². The highest BCUT2D eigenvalue weighted by atomic mass is 16.6. The van der Waals surface area contributed by atoms with Gasteiger partial charge in [-0.05, 0) is 37.0 Å². The van der Waals surface area contributed by atoms with Gasteiger partial charge in [0.1, 0.15) is 19.0 Å². The van der Waals surface area contributed by atoms with Gasteiger partial charge in [-0.2, -0.15) is 0 Å². The minimum absolute atomic E-state index is 0.125. The Bertz CT molecular complexity index is 725. The number of hydrogen-bond donors (Lipinski definition) is 0. The van der Waals surface area contributed by atoms with E-state index >= 15 is 0 Å². The molecule has 0 N–H and O–H groups in total. The lowest BCUT2D eigenvalue weighted by Crippen LogP contribution is -2.15. The number of aryl methyl sites for hydroxylation is 1. The molecule has 0 aliphatic rings. The average Bonchev–Trinajstić information content (AvgIpc) is 3.04. The molecule has 0 aliphatic heterocycles. The van der Waals surface area contributed by atoms with Crippen LogP contribution in [0.1, 0.15) is 129 Å². The predicted octanol–water partition coefficient (Wildman–Crippen LogP) is 8.89. The number of ether oxygens (including phenoxy) is 6. The molecule has 0 atom stereocenters. The maximum atomic E-state index is 11.8. The summed E-state index contributed by atoms with van der Waals surface area (Å²) >= 11 is 0. The van der Waals surface area contributed by atoms with Gasteiger partial charge in [0.05, 0.1) is 52.9 Å². The average molecular weight is 623 g/mol. The Morgan fingerprint density at radius 1 is 0.477 bits per heavy atom. The molecule has 7 nitrogen and oxygen atoms in total. The lowest BCUT2D eigenvalue weighted by Gasteiger charge is -2.09. The summed E-state index contributed by atoms with van der Waals surface area (Å²) in [5, 5.41) is 0. The van der Waals surface area contributed by atoms with Crippen molar-refractivity contribution >= 4 is 5.97 Å². The molecule has 0 aromatic heterocycles. The topological polar surface area (TPSA) is 72.5 Å². The van der Waals surface area contributed by atoms with Crippen LogP contribution in [0, 0.1) is 0 Å². The van der Waals surface area contributed by atoms with Crippen LogP contribution in [-0.4, -0.2) is 72.0 Å². The first kappa shape index (κ1) is 40.4. The summed E-state index contributed by atoms with van der Waals surface area (Å²) in [6, 6.07) is 8.46. The summed E-state index contributed by atoms with van der Waals surface area (Å²) < 4.78 is 33.1. The van der Waals surface area contributed by atoms with E-state index in [1.54, 1.807) is 0 Å². The van der Waals surface area contributed by atoms with Gasteiger partial charge < -0.3 is 28.4 Å². The number of carbonyl (C=O) groups excluding carboxylic acids is 1. The second kappa shape index (κ2) is 32.7. The Labute approximate surface area is 270 Å². The van der Waals surface area contributed by atoms with Crippen molar-refractivity contribution < 1.29 is 33.2 Å². The van der Waals surface area contributed by atoms with E-state index in [1.165, 1.54) is 95.5 Å². The van der Waals surface area contributed by atoms with E-state index in [1.807, 2.05) is 0 Å². The Morgan fingerprint density at radius 2 is 0.886 bits per heavy atom. The van der Waals surface area contributed by atoms with Gasteiger partial charge in [0.15, 0.2) is 0 Å². The Balaban J connectivity index is 1.77. The SMILES string of the molecule is CCCCCCCCCCCC(=O)OCCOCCOCCOCCOCCOc1ccc(CCCCCCCCC)cc1. The third-order valence-corrected chi connectivity index (χ3v) is 7.58. The lowest BCUT2D eigenvalue weighted by molar-refractivity contribution is -0.145. The third kappa shape index (κ3) is 27.8. The molecule has 256 valence electrons. The standard InChI is InChI=1S/C37H66O7/c1-3-5-7-9-11-12-14-16-18-20-37(38)44-34-32-42-30-28-40-26-25-39-27-29-41-31-33-43-36-23-21-35(22-24-36)19-17-15-13-10-8-6-4-2/h21-24H,3-20,25-34H2,1-2H3. The molecule has 0 saturated heterocycles. The Kier molecular flexibility index (Phi) is 30.0. The van der Waals surface area contributed by atoms with Crippen molar-refractivity contribution in [2.45, 2.75) is 129 Å². The van der Waals surface area contributed by atoms with E-state index in [0.29, 0.717) is 72.5 Å². The number of hydrogen-bond acceptors (Lipinski definition) is 7. The third-order valence-electron chi connectivity index (χ3n) is 7.58. The van der Waals surface area contributed by atoms with Gasteiger partial charge >= 0.3 is 5.97 Å². The second-order valence-electron chi connectivity index (χ2n) is 11.6. The highest BCUT2D eigenvalue weighted by Crippen LogP contribution is 2.15. The van der Waals surface area contributed by atoms with E-state index in [2.05, 4.69) is 38.1 Å². The van der Waals surface area contributed by atoms with Gasteiger partial charge in [0.2, 0.25) is 0 Å². The van der Waals surface area contributed by atoms with Crippen molar-refractivity contribution in [1.82, 2.24) is 0 Å². The van der Waals surface area contributed by atoms with Gasteiger partial charge in [-0.3, -0.25) is 4.79 Å². The molecule has 0 saturated carbocycles. The van der Waals surface area contributed by atoms with Gasteiger partial charge in [-0.1, -0.05) is 116 Å². The molecule has 0 fully saturated rings. The molecule has 0 heterocycles. The van der Waals surface area contributed by atoms with Crippen molar-refractivity contribution in [3.8, 4) is 5.75 Å². The number of unbranched alkanes of at least 4 members (excludes halogenated alkanes) is 14. The zero-order valence-electron chi connectivity index (χ0n) is 28.5. The normalized spacial score (nSPS) is 11.2. The summed E-state index contributed by atoms with van der Waals surface area (Å²) in [5.41, 5.74) is 1.38. The molecular weight excluding hydrogens is 556 g/mol. The molecular formula is C37H66O7. The maximum Gasteiger partial charge on any atom is 0.305 e. The fourth-order valence-electron chi connectivity index (χ4n) is 4.89. The van der Waals surface area contributed by atoms with Crippen LogP contribution in [0.2, 0.25) is 0 Å². The molecule has 1 aromatic carbocycles. The van der Waals surface area contributed by atoms with E-state index in [4.69, 9.17) is 28.4 Å². The van der Waals surface area contributed by atoms with Crippen molar-refractivity contribution in [2.75, 3.05) is 66.1 Å². The van der Waals surface area contributed by atoms with Crippen LogP contribution in [0.15, 0.2) is 24.3 Å². The summed E-state index contributed by atoms with van der Waals surface area (Å²) in [6.07, 6.45) is 22.2. The number of benzene rings is 1. The summed E-state index contributed by atoms with van der Waals surface area (Å²) in [7, 11) is 0. The van der Waals surface area contributed by atoms with E-state index < -0.39 is 0 Å². The van der Waals surface area contributed by atoms with Crippen LogP contribution < -0.4 is 4.74 Å². The maximum absolute atomic E-state index is 11.8. The lowest BCUT2D eigenvalue weighted by atomic mass is 10.0. The molecule has 1 rings (SSSR count). The fourth-order valence-corrected chi connectivity index (χ4v) is 4.89. The minimum Gasteiger partial charge on any atom is -0.491 e. The smallest absolute Gasteiger partial charge is 0.305 e. The van der Waals surface area contributed by atoms with Gasteiger partial charge in [0.25, 0.3) is 0 Å². The molecule has 0 unspecified atom stereocenters. The number of carbonyl (C=O) groups is 1. The summed E-state index contributed by atoms with van der Waals surface area (Å²) in [6.45, 7) is 9.31. The predicted molar refractivity (Wildman–Crippen MR) is 180 cm³/mol. The monoisotopic (exact) mass is 622 g/mol. The van der Waals surface area contributed by atoms with Crippen LogP contribution in [-0.2, 0) is 34.9 Å². The van der Waals surface area contributed by atoms with Crippen LogP contribution in [0.5, 0.6) is 5.75 Å². The highest BCUT2D eigenvalue weighted by Gasteiger charge is 2.03. The van der Waals surface area contributed by atoms with Gasteiger partial charge in [0, 0.05) is 6.42 Å². The zero-order valence-corrected chi connectivity index (χ0v) is 28.5. The molecule has 44 heavy (non-hydrogen) atoms. The highest BCUT2D eigenvalue weighted by molar-refractivity contribution is 5.69. The van der Waals surface area contributed by atoms with Crippen LogP contribution in [0.25, 0.3) is 0 Å². The molecule has 0 bridgehead atoms. The minimum atomic E-state index is -0.125. The number of esters is 1. The van der Waals surface area contributed by atoms with Gasteiger partial charge in [-0.25, -0.2) is 0 Å². The largest absolute Gasteiger partial charge is 0.491 e. The van der Waals surface area contributed by atoms with Crippen LogP contribution >= 0.6 is 0 Å². The molecule has 0 radical (unpaired) electrons. The van der Waals surface area contributed by atoms with E-state index in [9.17, 15) is 4.79 Å². The molecule has 0 spiro atoms. The van der Waals surface area contributed by atoms with Crippen molar-refractivity contribution in [2.24, 2.45) is 0 Å². The first-order valence-electron chi connectivity index (χ1n) is 17.9. The summed E-state index contributed by atoms with van der Waals surface area (Å²) in [5.74, 6) is 0.764. The van der Waals surface area contributed by atoms with Crippen LogP contribution in [0.3, 0.4) is 0 Å². The fraction of sp³-hybridized carbons (Fsp3) is 0.811. The molecule has 7 heteroatoms. The summed E-state index contributed by atoms with van der Waals surface area (Å²) in [4.78, 5) is 11.8. The van der Waals surface area contributed by atoms with E-state index in [0.717, 1.165) is 25.0 Å². The Morgan fingerprint density at radius 3 is 1.39 bits per heavy atom. The first-order valence-corrected chi connectivity index (χ1v) is 17.9. The number of rotatable bonds is 34. The Hall–Kier alpha value is -1.67. The van der Waals surface area contributed by atoms with Crippen LogP contribution in [0.4, 0.5) is 0 Å². The zero-order chi connectivity index (χ0) is 31.6. The molecule has 0 amide bonds. The molecule has 0 aliphatic carbocycles. The molecule has 1 aromatic rings.